The third-order valence-electron chi connectivity index (χ3n) is 4.92. The van der Waals surface area contributed by atoms with Gasteiger partial charge in [-0.3, -0.25) is 19.2 Å². The van der Waals surface area contributed by atoms with Crippen molar-refractivity contribution in [3.63, 3.8) is 0 Å². The van der Waals surface area contributed by atoms with Crippen molar-refractivity contribution in [1.82, 2.24) is 5.32 Å². The lowest BCUT2D eigenvalue weighted by Gasteiger charge is -2.44. The number of benzene rings is 1. The van der Waals surface area contributed by atoms with E-state index < -0.39 is 60.5 Å². The summed E-state index contributed by atoms with van der Waals surface area (Å²) in [7, 11) is 0. The summed E-state index contributed by atoms with van der Waals surface area (Å²) in [4.78, 5) is 58.9. The number of ether oxygens (including phenoxy) is 6. The van der Waals surface area contributed by atoms with E-state index in [9.17, 15) is 24.0 Å². The summed E-state index contributed by atoms with van der Waals surface area (Å²) in [5.74, 6) is -3.33. The minimum atomic E-state index is -1.33. The molecule has 0 spiro atoms. The number of thiocarbonyl (C=S) groups is 1. The van der Waals surface area contributed by atoms with Crippen molar-refractivity contribution in [2.24, 2.45) is 0 Å². The van der Waals surface area contributed by atoms with Crippen molar-refractivity contribution in [2.45, 2.75) is 65.3 Å². The summed E-state index contributed by atoms with van der Waals surface area (Å²) < 4.78 is 32.0. The van der Waals surface area contributed by atoms with Crippen molar-refractivity contribution in [3.05, 3.63) is 29.8 Å². The Morgan fingerprint density at radius 1 is 0.816 bits per heavy atom. The molecule has 13 nitrogen and oxygen atoms in total. The Balaban J connectivity index is 2.30. The second-order valence-corrected chi connectivity index (χ2v) is 8.42. The average molecular weight is 555 g/mol. The van der Waals surface area contributed by atoms with Gasteiger partial charge < -0.3 is 39.1 Å². The lowest BCUT2D eigenvalue weighted by molar-refractivity contribution is -0.254. The molecule has 2 N–H and O–H groups in total. The third kappa shape index (κ3) is 9.27. The standard InChI is InChI=1S/C24H30N2O11S/c1-6-32-23(31)16-7-9-17(10-8-16)25-24(38)26-22-21(36-15(5)30)20(35-14(4)29)19(34-13(3)28)18(37-22)11-33-12(2)27/h7-10,18-22H,6,11H2,1-5H3,(H2,25,26,38)/t18-,19+,20-,21+,22-/m1/s1. The monoisotopic (exact) mass is 554 g/mol. The van der Waals surface area contributed by atoms with Gasteiger partial charge in [0.1, 0.15) is 12.7 Å². The molecule has 0 aromatic heterocycles. The van der Waals surface area contributed by atoms with E-state index in [0.29, 0.717) is 11.3 Å². The first-order valence-electron chi connectivity index (χ1n) is 11.6. The molecule has 0 aliphatic carbocycles. The number of hydrogen-bond acceptors (Lipinski definition) is 12. The molecule has 0 saturated carbocycles. The number of hydrogen-bond donors (Lipinski definition) is 2. The summed E-state index contributed by atoms with van der Waals surface area (Å²) in [6.07, 6.45) is -6.29. The fourth-order valence-electron chi connectivity index (χ4n) is 3.55. The number of rotatable bonds is 9. The van der Waals surface area contributed by atoms with E-state index in [2.05, 4.69) is 10.6 Å². The molecule has 38 heavy (non-hydrogen) atoms. The Morgan fingerprint density at radius 3 is 1.89 bits per heavy atom. The van der Waals surface area contributed by atoms with Crippen LogP contribution in [0.25, 0.3) is 0 Å². The molecular formula is C24H30N2O11S. The quantitative estimate of drug-likeness (QED) is 0.254. The molecule has 1 aliphatic rings. The van der Waals surface area contributed by atoms with Crippen molar-refractivity contribution in [3.8, 4) is 0 Å². The maximum absolute atomic E-state index is 11.9. The summed E-state index contributed by atoms with van der Waals surface area (Å²) >= 11 is 5.37. The molecule has 1 saturated heterocycles. The van der Waals surface area contributed by atoms with E-state index in [1.54, 1.807) is 19.1 Å². The van der Waals surface area contributed by atoms with Crippen LogP contribution >= 0.6 is 12.2 Å². The van der Waals surface area contributed by atoms with Gasteiger partial charge in [-0.25, -0.2) is 4.79 Å². The Morgan fingerprint density at radius 2 is 1.37 bits per heavy atom. The van der Waals surface area contributed by atoms with Crippen LogP contribution in [-0.4, -0.2) is 78.8 Å². The van der Waals surface area contributed by atoms with Crippen LogP contribution in [-0.2, 0) is 47.6 Å². The predicted octanol–water partition coefficient (Wildman–Crippen LogP) is 1.23. The molecule has 0 amide bonds. The first-order chi connectivity index (χ1) is 17.9. The van der Waals surface area contributed by atoms with Gasteiger partial charge in [-0.2, -0.15) is 0 Å². The van der Waals surface area contributed by atoms with Gasteiger partial charge in [0.15, 0.2) is 29.7 Å². The zero-order chi connectivity index (χ0) is 28.4. The second kappa shape index (κ2) is 14.2. The van der Waals surface area contributed by atoms with E-state index in [0.717, 1.165) is 20.8 Å². The van der Waals surface area contributed by atoms with E-state index in [1.165, 1.54) is 19.1 Å². The topological polar surface area (TPSA) is 165 Å². The van der Waals surface area contributed by atoms with Crippen LogP contribution in [0.5, 0.6) is 0 Å². The molecule has 0 radical (unpaired) electrons. The SMILES string of the molecule is CCOC(=O)c1ccc(NC(=S)N[C@@H]2O[C@H](COC(C)=O)[C@H](OC(C)=O)[C@@H](OC(C)=O)[C@@H]2OC(C)=O)cc1. The molecule has 1 aromatic rings. The van der Waals surface area contributed by atoms with Crippen LogP contribution in [0.2, 0.25) is 0 Å². The van der Waals surface area contributed by atoms with Gasteiger partial charge in [0, 0.05) is 33.4 Å². The Bertz CT molecular complexity index is 1050. The fourth-order valence-corrected chi connectivity index (χ4v) is 3.78. The molecule has 0 bridgehead atoms. The minimum absolute atomic E-state index is 0.00906. The summed E-state index contributed by atoms with van der Waals surface area (Å²) in [5.41, 5.74) is 0.844. The number of anilines is 1. The van der Waals surface area contributed by atoms with Gasteiger partial charge in [-0.05, 0) is 43.4 Å². The molecule has 2 rings (SSSR count). The zero-order valence-corrected chi connectivity index (χ0v) is 22.3. The van der Waals surface area contributed by atoms with Crippen molar-refractivity contribution < 1.29 is 52.4 Å². The lowest BCUT2D eigenvalue weighted by atomic mass is 9.97. The third-order valence-corrected chi connectivity index (χ3v) is 5.14. The molecule has 1 aliphatic heterocycles. The number of nitrogens with one attached hydrogen (secondary N) is 2. The predicted molar refractivity (Wildman–Crippen MR) is 134 cm³/mol. The van der Waals surface area contributed by atoms with E-state index in [1.807, 2.05) is 0 Å². The maximum atomic E-state index is 11.9. The number of carbonyl (C=O) groups is 5. The lowest BCUT2D eigenvalue weighted by Crippen LogP contribution is -2.66. The Hall–Kier alpha value is -3.78. The maximum Gasteiger partial charge on any atom is 0.338 e. The fraction of sp³-hybridized carbons (Fsp3) is 0.500. The molecule has 1 aromatic carbocycles. The zero-order valence-electron chi connectivity index (χ0n) is 21.5. The molecular weight excluding hydrogens is 524 g/mol. The minimum Gasteiger partial charge on any atom is -0.463 e. The van der Waals surface area contributed by atoms with E-state index in [4.69, 9.17) is 40.6 Å². The van der Waals surface area contributed by atoms with E-state index >= 15 is 0 Å². The van der Waals surface area contributed by atoms with Crippen LogP contribution in [0.4, 0.5) is 5.69 Å². The van der Waals surface area contributed by atoms with Crippen molar-refractivity contribution in [1.29, 1.82) is 0 Å². The smallest absolute Gasteiger partial charge is 0.338 e. The van der Waals surface area contributed by atoms with Crippen LogP contribution < -0.4 is 10.6 Å². The van der Waals surface area contributed by atoms with Crippen LogP contribution in [0, 0.1) is 0 Å². The van der Waals surface area contributed by atoms with Gasteiger partial charge in [0.25, 0.3) is 0 Å². The van der Waals surface area contributed by atoms with Gasteiger partial charge >= 0.3 is 29.8 Å². The van der Waals surface area contributed by atoms with Crippen molar-refractivity contribution in [2.75, 3.05) is 18.5 Å². The highest BCUT2D eigenvalue weighted by molar-refractivity contribution is 7.80. The van der Waals surface area contributed by atoms with Crippen LogP contribution in [0.3, 0.4) is 0 Å². The van der Waals surface area contributed by atoms with E-state index in [-0.39, 0.29) is 18.3 Å². The largest absolute Gasteiger partial charge is 0.463 e. The van der Waals surface area contributed by atoms with Gasteiger partial charge in [0.2, 0.25) is 0 Å². The van der Waals surface area contributed by atoms with Crippen molar-refractivity contribution >= 4 is 52.9 Å². The average Bonchev–Trinajstić information content (AvgIpc) is 2.81. The van der Waals surface area contributed by atoms with Gasteiger partial charge in [0.05, 0.1) is 12.2 Å². The molecule has 1 heterocycles. The second-order valence-electron chi connectivity index (χ2n) is 8.02. The highest BCUT2D eigenvalue weighted by Gasteiger charge is 2.52. The molecule has 14 heteroatoms. The molecule has 1 fully saturated rings. The number of carbonyl (C=O) groups excluding carboxylic acids is 5. The summed E-state index contributed by atoms with van der Waals surface area (Å²) in [5, 5.41) is 5.74. The molecule has 5 atom stereocenters. The Labute approximate surface area is 224 Å². The summed E-state index contributed by atoms with van der Waals surface area (Å²) in [6, 6.07) is 6.26. The highest BCUT2D eigenvalue weighted by Crippen LogP contribution is 2.28. The molecule has 0 unspecified atom stereocenters. The van der Waals surface area contributed by atoms with Crippen LogP contribution in [0.1, 0.15) is 45.0 Å². The number of esters is 5. The van der Waals surface area contributed by atoms with Gasteiger partial charge in [-0.1, -0.05) is 0 Å². The molecule has 208 valence electrons. The first-order valence-corrected chi connectivity index (χ1v) is 12.0. The first kappa shape index (κ1) is 30.4. The van der Waals surface area contributed by atoms with Gasteiger partial charge in [-0.15, -0.1) is 0 Å². The van der Waals surface area contributed by atoms with Crippen LogP contribution in [0.15, 0.2) is 24.3 Å². The highest BCUT2D eigenvalue weighted by atomic mass is 32.1. The normalized spacial score (nSPS) is 22.3. The Kier molecular flexibility index (Phi) is 11.4. The summed E-state index contributed by atoms with van der Waals surface area (Å²) in [6.45, 7) is 6.14.